The Morgan fingerprint density at radius 3 is 3.18 bits per heavy atom. The molecule has 0 aliphatic carbocycles. The molecule has 1 atom stereocenters. The maximum absolute atomic E-state index is 10.4. The lowest BCUT2D eigenvalue weighted by molar-refractivity contribution is -0.0256. The van der Waals surface area contributed by atoms with Gasteiger partial charge in [-0.2, -0.15) is 0 Å². The summed E-state index contributed by atoms with van der Waals surface area (Å²) in [4.78, 5) is 6.48. The summed E-state index contributed by atoms with van der Waals surface area (Å²) in [5, 5.41) is 11.2. The van der Waals surface area contributed by atoms with Crippen LogP contribution in [0.25, 0.3) is 0 Å². The van der Waals surface area contributed by atoms with Crippen LogP contribution in [0.3, 0.4) is 0 Å². The summed E-state index contributed by atoms with van der Waals surface area (Å²) >= 11 is 10.9. The summed E-state index contributed by atoms with van der Waals surface area (Å²) in [6.07, 6.45) is 0. The quantitative estimate of drug-likeness (QED) is 0.803. The van der Waals surface area contributed by atoms with Crippen LogP contribution in [0.15, 0.2) is 27.7 Å². The van der Waals surface area contributed by atoms with E-state index in [0.29, 0.717) is 12.3 Å². The monoisotopic (exact) mass is 332 g/mol. The summed E-state index contributed by atoms with van der Waals surface area (Å²) < 4.78 is 0.990. The smallest absolute Gasteiger partial charge is 0.167 e. The van der Waals surface area contributed by atoms with Gasteiger partial charge in [0.25, 0.3) is 0 Å². The van der Waals surface area contributed by atoms with Crippen LogP contribution in [0.1, 0.15) is 5.56 Å². The molecule has 3 rings (SSSR count). The van der Waals surface area contributed by atoms with E-state index in [1.807, 2.05) is 23.1 Å². The number of amidine groups is 1. The Hall–Kier alpha value is -0.230. The van der Waals surface area contributed by atoms with Crippen molar-refractivity contribution in [3.8, 4) is 0 Å². The highest BCUT2D eigenvalue weighted by atomic mass is 79.9. The van der Waals surface area contributed by atoms with Gasteiger partial charge in [0.2, 0.25) is 0 Å². The van der Waals surface area contributed by atoms with E-state index in [1.54, 1.807) is 11.8 Å². The number of nitrogens with zero attached hydrogens (tertiary/aromatic N) is 2. The molecule has 1 saturated heterocycles. The number of rotatable bonds is 1. The summed E-state index contributed by atoms with van der Waals surface area (Å²) in [6, 6.07) is 5.98. The van der Waals surface area contributed by atoms with Crippen LogP contribution >= 0.6 is 39.3 Å². The van der Waals surface area contributed by atoms with Crippen molar-refractivity contribution in [3.05, 3.63) is 28.2 Å². The average molecular weight is 334 g/mol. The fraction of sp³-hybridized carbons (Fsp3) is 0.364. The largest absolute Gasteiger partial charge is 0.369 e. The van der Waals surface area contributed by atoms with Gasteiger partial charge in [0.1, 0.15) is 0 Å². The van der Waals surface area contributed by atoms with Crippen LogP contribution in [0.4, 0.5) is 5.69 Å². The molecule has 1 N–H and O–H groups in total. The number of hydrogen-bond acceptors (Lipinski definition) is 4. The van der Waals surface area contributed by atoms with Crippen LogP contribution in [0.2, 0.25) is 0 Å². The highest BCUT2D eigenvalue weighted by Gasteiger charge is 2.44. The van der Waals surface area contributed by atoms with Crippen molar-refractivity contribution in [1.29, 1.82) is 0 Å². The molecule has 2 aliphatic rings. The summed E-state index contributed by atoms with van der Waals surface area (Å²) in [5.41, 5.74) is 1.10. The van der Waals surface area contributed by atoms with Gasteiger partial charge in [-0.15, -0.1) is 11.6 Å². The molecule has 1 unspecified atom stereocenters. The molecule has 0 aromatic heterocycles. The highest BCUT2D eigenvalue weighted by molar-refractivity contribution is 9.10. The van der Waals surface area contributed by atoms with Gasteiger partial charge in [-0.05, 0) is 27.6 Å². The Labute approximate surface area is 117 Å². The minimum Gasteiger partial charge on any atom is -0.369 e. The number of aliphatic hydroxyl groups is 1. The van der Waals surface area contributed by atoms with Gasteiger partial charge >= 0.3 is 0 Å². The molecule has 3 nitrogen and oxygen atoms in total. The first-order valence-corrected chi connectivity index (χ1v) is 7.50. The first-order valence-electron chi connectivity index (χ1n) is 5.19. The Morgan fingerprint density at radius 1 is 1.59 bits per heavy atom. The molecule has 0 radical (unpaired) electrons. The van der Waals surface area contributed by atoms with Gasteiger partial charge in [0.15, 0.2) is 10.9 Å². The molecule has 0 saturated carbocycles. The number of thioether (sulfide) groups is 1. The van der Waals surface area contributed by atoms with Crippen molar-refractivity contribution in [2.24, 2.45) is 4.99 Å². The van der Waals surface area contributed by atoms with Gasteiger partial charge in [0.05, 0.1) is 17.3 Å². The van der Waals surface area contributed by atoms with Crippen molar-refractivity contribution in [2.75, 3.05) is 11.6 Å². The molecule has 1 aromatic carbocycles. The number of alkyl halides is 1. The van der Waals surface area contributed by atoms with E-state index in [4.69, 9.17) is 11.6 Å². The van der Waals surface area contributed by atoms with E-state index in [0.717, 1.165) is 20.9 Å². The third-order valence-electron chi connectivity index (χ3n) is 2.99. The molecule has 6 heteroatoms. The van der Waals surface area contributed by atoms with Gasteiger partial charge in [-0.1, -0.05) is 23.9 Å². The van der Waals surface area contributed by atoms with Crippen LogP contribution in [-0.4, -0.2) is 32.5 Å². The summed E-state index contributed by atoms with van der Waals surface area (Å²) in [6.45, 7) is 0.657. The molecule has 17 heavy (non-hydrogen) atoms. The maximum Gasteiger partial charge on any atom is 0.167 e. The van der Waals surface area contributed by atoms with E-state index in [2.05, 4.69) is 20.9 Å². The number of aliphatic imine (C=N–C) groups is 1. The zero-order valence-electron chi connectivity index (χ0n) is 8.86. The number of hydrogen-bond donors (Lipinski definition) is 1. The number of benzene rings is 1. The first kappa shape index (κ1) is 11.8. The first-order chi connectivity index (χ1) is 8.14. The van der Waals surface area contributed by atoms with E-state index in [9.17, 15) is 5.11 Å². The Kier molecular flexibility index (Phi) is 2.89. The maximum atomic E-state index is 10.4. The fourth-order valence-corrected chi connectivity index (χ4v) is 4.02. The SMILES string of the molecule is OC1(CCl)CSC2=Nc3c(Br)cccc3CN21. The topological polar surface area (TPSA) is 35.8 Å². The zero-order chi connectivity index (χ0) is 12.0. The van der Waals surface area contributed by atoms with Crippen LogP contribution in [0.5, 0.6) is 0 Å². The molecular formula is C11H10BrClN2OS. The Balaban J connectivity index is 2.07. The molecule has 2 heterocycles. The lowest BCUT2D eigenvalue weighted by atomic mass is 10.1. The lowest BCUT2D eigenvalue weighted by Crippen LogP contribution is -2.49. The minimum absolute atomic E-state index is 0.197. The number of para-hydroxylation sites is 1. The Bertz CT molecular complexity index is 510. The molecule has 2 aliphatic heterocycles. The van der Waals surface area contributed by atoms with E-state index in [1.165, 1.54) is 0 Å². The van der Waals surface area contributed by atoms with Crippen LogP contribution in [-0.2, 0) is 6.54 Å². The molecule has 90 valence electrons. The molecule has 0 spiro atoms. The summed E-state index contributed by atoms with van der Waals surface area (Å²) in [7, 11) is 0. The van der Waals surface area contributed by atoms with Crippen molar-refractivity contribution < 1.29 is 5.11 Å². The van der Waals surface area contributed by atoms with Gasteiger partial charge in [-0.25, -0.2) is 4.99 Å². The fourth-order valence-electron chi connectivity index (χ4n) is 2.01. The van der Waals surface area contributed by atoms with Gasteiger partial charge in [0, 0.05) is 11.0 Å². The van der Waals surface area contributed by atoms with Crippen LogP contribution in [0, 0.1) is 0 Å². The third-order valence-corrected chi connectivity index (χ3v) is 5.23. The van der Waals surface area contributed by atoms with Crippen molar-refractivity contribution in [3.63, 3.8) is 0 Å². The van der Waals surface area contributed by atoms with Gasteiger partial charge in [-0.3, -0.25) is 0 Å². The van der Waals surface area contributed by atoms with Crippen molar-refractivity contribution in [1.82, 2.24) is 4.90 Å². The summed E-state index contributed by atoms with van der Waals surface area (Å²) in [5.74, 6) is 0.767. The van der Waals surface area contributed by atoms with Crippen molar-refractivity contribution in [2.45, 2.75) is 12.3 Å². The predicted molar refractivity (Wildman–Crippen MR) is 74.9 cm³/mol. The molecule has 0 amide bonds. The third kappa shape index (κ3) is 1.80. The minimum atomic E-state index is -0.967. The van der Waals surface area contributed by atoms with Crippen LogP contribution < -0.4 is 0 Å². The molecule has 1 fully saturated rings. The second-order valence-electron chi connectivity index (χ2n) is 4.13. The molecular weight excluding hydrogens is 324 g/mol. The number of fused-ring (bicyclic) bond motifs is 2. The predicted octanol–water partition coefficient (Wildman–Crippen LogP) is 2.93. The number of halogens is 2. The van der Waals surface area contributed by atoms with E-state index in [-0.39, 0.29) is 5.88 Å². The van der Waals surface area contributed by atoms with E-state index >= 15 is 0 Å². The molecule has 1 aromatic rings. The molecule has 0 bridgehead atoms. The normalized spacial score (nSPS) is 26.5. The van der Waals surface area contributed by atoms with Gasteiger partial charge < -0.3 is 10.0 Å². The Morgan fingerprint density at radius 2 is 2.41 bits per heavy atom. The lowest BCUT2D eigenvalue weighted by Gasteiger charge is -2.35. The second kappa shape index (κ2) is 4.16. The van der Waals surface area contributed by atoms with E-state index < -0.39 is 5.72 Å². The zero-order valence-corrected chi connectivity index (χ0v) is 12.0. The average Bonchev–Trinajstić information content (AvgIpc) is 2.67. The highest BCUT2D eigenvalue weighted by Crippen LogP contribution is 2.42. The van der Waals surface area contributed by atoms with Crippen molar-refractivity contribution >= 4 is 50.1 Å². The second-order valence-corrected chi connectivity index (χ2v) is 6.20. The standard InChI is InChI=1S/C11H10BrClN2OS/c12-8-3-1-2-7-4-15-10(14-9(7)8)17-6-11(15,16)5-13/h1-3,16H,4-6H2.